The predicted molar refractivity (Wildman–Crippen MR) is 217 cm³/mol. The summed E-state index contributed by atoms with van der Waals surface area (Å²) in [5.74, 6) is 0. The van der Waals surface area contributed by atoms with Gasteiger partial charge in [0, 0.05) is 52.1 Å². The summed E-state index contributed by atoms with van der Waals surface area (Å²) in [7, 11) is 0. The molecule has 0 aliphatic rings. The summed E-state index contributed by atoms with van der Waals surface area (Å²) in [4.78, 5) is 2.40. The number of hydrogen-bond acceptors (Lipinski definition) is 4. The number of nitrogens with zero attached hydrogens (tertiary/aromatic N) is 1. The summed E-state index contributed by atoms with van der Waals surface area (Å²) in [6.07, 6.45) is 0. The van der Waals surface area contributed by atoms with Gasteiger partial charge in [0.1, 0.15) is 5.58 Å². The first-order valence-corrected chi connectivity index (χ1v) is 18.5. The average Bonchev–Trinajstić information content (AvgIpc) is 3.86. The highest BCUT2D eigenvalue weighted by molar-refractivity contribution is 7.26. The smallest absolute Gasteiger partial charge is 0.159 e. The molecule has 2 nitrogen and oxygen atoms in total. The molecule has 0 atom stereocenters. The van der Waals surface area contributed by atoms with Gasteiger partial charge in [-0.15, -0.1) is 22.7 Å². The number of thiophene rings is 2. The number of fused-ring (bicyclic) bond motifs is 11. The van der Waals surface area contributed by atoms with Crippen molar-refractivity contribution in [3.63, 3.8) is 0 Å². The summed E-state index contributed by atoms with van der Waals surface area (Å²) in [6, 6.07) is 59.3. The first-order valence-electron chi connectivity index (χ1n) is 16.8. The Morgan fingerprint density at radius 2 is 1.08 bits per heavy atom. The normalized spacial score (nSPS) is 12.0. The average molecular weight is 674 g/mol. The van der Waals surface area contributed by atoms with Gasteiger partial charge in [0.25, 0.3) is 0 Å². The summed E-state index contributed by atoms with van der Waals surface area (Å²) < 4.78 is 12.1. The van der Waals surface area contributed by atoms with Crippen LogP contribution in [0.15, 0.2) is 168 Å². The molecule has 50 heavy (non-hydrogen) atoms. The molecule has 0 saturated heterocycles. The fourth-order valence-corrected chi connectivity index (χ4v) is 10.1. The lowest BCUT2D eigenvalue weighted by Gasteiger charge is -2.26. The van der Waals surface area contributed by atoms with Crippen molar-refractivity contribution >= 4 is 113 Å². The third-order valence-corrected chi connectivity index (χ3v) is 12.4. The number of rotatable bonds is 4. The van der Waals surface area contributed by atoms with E-state index in [1.807, 2.05) is 22.7 Å². The van der Waals surface area contributed by atoms with Gasteiger partial charge < -0.3 is 9.32 Å². The first-order chi connectivity index (χ1) is 24.8. The molecular weight excluding hydrogens is 647 g/mol. The molecule has 0 aliphatic carbocycles. The molecule has 0 spiro atoms. The molecule has 0 radical (unpaired) electrons. The van der Waals surface area contributed by atoms with E-state index in [1.165, 1.54) is 62.2 Å². The summed E-state index contributed by atoms with van der Waals surface area (Å²) in [5, 5.41) is 9.79. The summed E-state index contributed by atoms with van der Waals surface area (Å²) in [5.41, 5.74) is 7.48. The van der Waals surface area contributed by atoms with E-state index in [9.17, 15) is 0 Å². The minimum atomic E-state index is 0.890. The van der Waals surface area contributed by atoms with Crippen LogP contribution >= 0.6 is 22.7 Å². The maximum atomic E-state index is 7.07. The topological polar surface area (TPSA) is 16.4 Å². The van der Waals surface area contributed by atoms with E-state index in [4.69, 9.17) is 4.42 Å². The minimum Gasteiger partial charge on any atom is -0.453 e. The van der Waals surface area contributed by atoms with Crippen molar-refractivity contribution in [1.82, 2.24) is 0 Å². The second kappa shape index (κ2) is 10.8. The Kier molecular flexibility index (Phi) is 6.03. The number of benzene rings is 8. The van der Waals surface area contributed by atoms with Crippen molar-refractivity contribution in [2.24, 2.45) is 0 Å². The van der Waals surface area contributed by atoms with Gasteiger partial charge in [-0.25, -0.2) is 0 Å². The zero-order chi connectivity index (χ0) is 32.8. The highest BCUT2D eigenvalue weighted by Crippen LogP contribution is 2.49. The SMILES string of the molecule is c1ccc(-c2ccc(N(c3cccc4c3oc3c4ccc4sc5ccccc5c43)c3cccc4c3sc3cc5ccccc5cc34)cc2)cc1. The van der Waals surface area contributed by atoms with Crippen LogP contribution in [0.25, 0.3) is 84.2 Å². The second-order valence-electron chi connectivity index (χ2n) is 12.9. The van der Waals surface area contributed by atoms with E-state index in [0.717, 1.165) is 39.0 Å². The molecule has 0 bridgehead atoms. The van der Waals surface area contributed by atoms with Crippen LogP contribution in [0.4, 0.5) is 17.1 Å². The Labute approximate surface area is 295 Å². The fourth-order valence-electron chi connectivity index (χ4n) is 7.71. The van der Waals surface area contributed by atoms with Crippen LogP contribution in [0.1, 0.15) is 0 Å². The van der Waals surface area contributed by atoms with Gasteiger partial charge in [0.05, 0.1) is 16.1 Å². The van der Waals surface area contributed by atoms with Crippen LogP contribution in [-0.2, 0) is 0 Å². The van der Waals surface area contributed by atoms with E-state index < -0.39 is 0 Å². The molecule has 234 valence electrons. The lowest BCUT2D eigenvalue weighted by atomic mass is 10.0. The zero-order valence-electron chi connectivity index (χ0n) is 26.8. The van der Waals surface area contributed by atoms with Gasteiger partial charge in [-0.3, -0.25) is 0 Å². The van der Waals surface area contributed by atoms with Crippen LogP contribution < -0.4 is 4.90 Å². The van der Waals surface area contributed by atoms with E-state index in [-0.39, 0.29) is 0 Å². The van der Waals surface area contributed by atoms with Gasteiger partial charge in [-0.2, -0.15) is 0 Å². The van der Waals surface area contributed by atoms with Crippen LogP contribution in [0.2, 0.25) is 0 Å². The van der Waals surface area contributed by atoms with Crippen molar-refractivity contribution in [3.8, 4) is 11.1 Å². The zero-order valence-corrected chi connectivity index (χ0v) is 28.4. The highest BCUT2D eigenvalue weighted by atomic mass is 32.1. The van der Waals surface area contributed by atoms with Gasteiger partial charge in [0.2, 0.25) is 0 Å². The molecule has 11 rings (SSSR count). The minimum absolute atomic E-state index is 0.890. The van der Waals surface area contributed by atoms with Crippen LogP contribution in [0.3, 0.4) is 0 Å². The van der Waals surface area contributed by atoms with Gasteiger partial charge in [-0.1, -0.05) is 109 Å². The Balaban J connectivity index is 1.20. The molecule has 0 aliphatic heterocycles. The monoisotopic (exact) mass is 673 g/mol. The van der Waals surface area contributed by atoms with Crippen molar-refractivity contribution in [1.29, 1.82) is 0 Å². The van der Waals surface area contributed by atoms with E-state index in [2.05, 4.69) is 169 Å². The maximum absolute atomic E-state index is 7.07. The van der Waals surface area contributed by atoms with Crippen molar-refractivity contribution in [2.45, 2.75) is 0 Å². The second-order valence-corrected chi connectivity index (χ2v) is 15.0. The molecule has 3 heterocycles. The summed E-state index contributed by atoms with van der Waals surface area (Å²) >= 11 is 3.69. The van der Waals surface area contributed by atoms with Crippen molar-refractivity contribution < 1.29 is 4.42 Å². The maximum Gasteiger partial charge on any atom is 0.159 e. The molecule has 0 fully saturated rings. The molecule has 0 saturated carbocycles. The first kappa shape index (κ1) is 28.0. The largest absolute Gasteiger partial charge is 0.453 e. The Morgan fingerprint density at radius 1 is 0.400 bits per heavy atom. The lowest BCUT2D eigenvalue weighted by Crippen LogP contribution is -2.10. The number of hydrogen-bond donors (Lipinski definition) is 0. The number of furan rings is 1. The molecule has 4 heteroatoms. The van der Waals surface area contributed by atoms with Gasteiger partial charge >= 0.3 is 0 Å². The standard InChI is InChI=1S/C46H27NOS2/c1-2-10-28(11-3-1)29-20-22-32(23-21-29)47(39-18-9-16-35-37-26-30-12-4-5-13-31(30)27-42(37)50-46(35)39)38-17-8-15-33-34-24-25-41-43(45(34)48-44(33)38)36-14-6-7-19-40(36)49-41/h1-27H. The number of anilines is 3. The third kappa shape index (κ3) is 4.13. The Morgan fingerprint density at radius 3 is 1.94 bits per heavy atom. The van der Waals surface area contributed by atoms with Crippen LogP contribution in [0, 0.1) is 0 Å². The van der Waals surface area contributed by atoms with Crippen LogP contribution in [0.5, 0.6) is 0 Å². The third-order valence-electron chi connectivity index (χ3n) is 10.0. The predicted octanol–water partition coefficient (Wildman–Crippen LogP) is 14.6. The van der Waals surface area contributed by atoms with E-state index in [1.54, 1.807) is 0 Å². The number of para-hydroxylation sites is 1. The molecule has 3 aromatic heterocycles. The summed E-state index contributed by atoms with van der Waals surface area (Å²) in [6.45, 7) is 0. The molecule has 0 unspecified atom stereocenters. The van der Waals surface area contributed by atoms with E-state index >= 15 is 0 Å². The Bertz CT molecular complexity index is 3090. The molecule has 8 aromatic carbocycles. The lowest BCUT2D eigenvalue weighted by molar-refractivity contribution is 0.673. The van der Waals surface area contributed by atoms with E-state index in [0.29, 0.717) is 0 Å². The van der Waals surface area contributed by atoms with Gasteiger partial charge in [-0.05, 0) is 76.5 Å². The van der Waals surface area contributed by atoms with Gasteiger partial charge in [0.15, 0.2) is 5.58 Å². The van der Waals surface area contributed by atoms with Crippen LogP contribution in [-0.4, -0.2) is 0 Å². The fraction of sp³-hybridized carbons (Fsp3) is 0. The Hall–Kier alpha value is -5.94. The highest BCUT2D eigenvalue weighted by Gasteiger charge is 2.23. The molecule has 11 aromatic rings. The molecule has 0 amide bonds. The quantitative estimate of drug-likeness (QED) is 0.185. The molecule has 0 N–H and O–H groups in total. The van der Waals surface area contributed by atoms with Crippen molar-refractivity contribution in [3.05, 3.63) is 164 Å². The van der Waals surface area contributed by atoms with Crippen molar-refractivity contribution in [2.75, 3.05) is 4.90 Å². The molecular formula is C46H27NOS2.